The first-order chi connectivity index (χ1) is 15.0. The number of rotatable bonds is 7. The van der Waals surface area contributed by atoms with Crippen LogP contribution in [0.5, 0.6) is 17.2 Å². The van der Waals surface area contributed by atoms with E-state index in [0.29, 0.717) is 28.6 Å². The molecule has 8 heteroatoms. The summed E-state index contributed by atoms with van der Waals surface area (Å²) in [6.45, 7) is 0. The molecule has 7 nitrogen and oxygen atoms in total. The number of carbonyl (C=O) groups excluding carboxylic acids is 2. The highest BCUT2D eigenvalue weighted by Crippen LogP contribution is 2.38. The van der Waals surface area contributed by atoms with Gasteiger partial charge in [0.05, 0.1) is 32.6 Å². The zero-order valence-electron chi connectivity index (χ0n) is 17.2. The molecule has 0 saturated heterocycles. The maximum Gasteiger partial charge on any atom is 0.257 e. The Morgan fingerprint density at radius 2 is 1.39 bits per heavy atom. The molecule has 0 aromatic heterocycles. The van der Waals surface area contributed by atoms with Gasteiger partial charge in [-0.25, -0.2) is 4.39 Å². The Morgan fingerprint density at radius 1 is 0.774 bits per heavy atom. The van der Waals surface area contributed by atoms with Crippen molar-refractivity contribution in [2.45, 2.75) is 0 Å². The molecule has 0 spiro atoms. The molecule has 2 amide bonds. The van der Waals surface area contributed by atoms with Crippen molar-refractivity contribution >= 4 is 23.2 Å². The second-order valence-corrected chi connectivity index (χ2v) is 6.37. The predicted molar refractivity (Wildman–Crippen MR) is 115 cm³/mol. The van der Waals surface area contributed by atoms with E-state index in [0.717, 1.165) is 0 Å². The summed E-state index contributed by atoms with van der Waals surface area (Å²) in [5, 5.41) is 5.41. The van der Waals surface area contributed by atoms with Gasteiger partial charge >= 0.3 is 0 Å². The van der Waals surface area contributed by atoms with Crippen LogP contribution < -0.4 is 24.8 Å². The third-order valence-corrected chi connectivity index (χ3v) is 4.45. The van der Waals surface area contributed by atoms with Crippen molar-refractivity contribution in [3.8, 4) is 17.2 Å². The lowest BCUT2D eigenvalue weighted by molar-refractivity contribution is 0.102. The number of benzene rings is 3. The van der Waals surface area contributed by atoms with Crippen molar-refractivity contribution < 1.29 is 28.2 Å². The molecule has 0 saturated carbocycles. The Bertz CT molecular complexity index is 1070. The molecule has 0 radical (unpaired) electrons. The van der Waals surface area contributed by atoms with Crippen LogP contribution in [0.4, 0.5) is 15.8 Å². The molecule has 0 aliphatic rings. The first-order valence-electron chi connectivity index (χ1n) is 9.24. The minimum Gasteiger partial charge on any atom is -0.493 e. The second kappa shape index (κ2) is 9.62. The molecule has 0 aliphatic carbocycles. The fraction of sp³-hybridized carbons (Fsp3) is 0.130. The Hall–Kier alpha value is -4.07. The average Bonchev–Trinajstić information content (AvgIpc) is 2.79. The van der Waals surface area contributed by atoms with Gasteiger partial charge in [0.1, 0.15) is 5.82 Å². The summed E-state index contributed by atoms with van der Waals surface area (Å²) in [6, 6.07) is 15.0. The van der Waals surface area contributed by atoms with Crippen molar-refractivity contribution in [1.82, 2.24) is 0 Å². The molecule has 0 heterocycles. The van der Waals surface area contributed by atoms with Gasteiger partial charge in [-0.1, -0.05) is 12.1 Å². The van der Waals surface area contributed by atoms with Crippen molar-refractivity contribution in [3.63, 3.8) is 0 Å². The van der Waals surface area contributed by atoms with Crippen LogP contribution in [0.25, 0.3) is 0 Å². The van der Waals surface area contributed by atoms with Gasteiger partial charge in [0.2, 0.25) is 5.75 Å². The summed E-state index contributed by atoms with van der Waals surface area (Å²) in [5.74, 6) is -0.311. The van der Waals surface area contributed by atoms with E-state index in [2.05, 4.69) is 10.6 Å². The van der Waals surface area contributed by atoms with Crippen LogP contribution in [0.15, 0.2) is 60.7 Å². The van der Waals surface area contributed by atoms with Gasteiger partial charge in [-0.2, -0.15) is 0 Å². The number of halogens is 1. The minimum atomic E-state index is -0.471. The molecule has 0 fully saturated rings. The van der Waals surface area contributed by atoms with Gasteiger partial charge in [-0.3, -0.25) is 9.59 Å². The molecular weight excluding hydrogens is 403 g/mol. The van der Waals surface area contributed by atoms with Gasteiger partial charge in [0.15, 0.2) is 11.5 Å². The number of hydrogen-bond acceptors (Lipinski definition) is 5. The van der Waals surface area contributed by atoms with Gasteiger partial charge in [-0.15, -0.1) is 0 Å². The maximum atomic E-state index is 13.1. The number of anilines is 2. The van der Waals surface area contributed by atoms with Crippen molar-refractivity contribution in [3.05, 3.63) is 77.6 Å². The first-order valence-corrected chi connectivity index (χ1v) is 9.24. The topological polar surface area (TPSA) is 85.9 Å². The highest BCUT2D eigenvalue weighted by atomic mass is 19.1. The van der Waals surface area contributed by atoms with Crippen molar-refractivity contribution in [2.24, 2.45) is 0 Å². The fourth-order valence-corrected chi connectivity index (χ4v) is 2.93. The second-order valence-electron chi connectivity index (χ2n) is 6.37. The fourth-order valence-electron chi connectivity index (χ4n) is 2.93. The number of nitrogens with one attached hydrogen (secondary N) is 2. The van der Waals surface area contributed by atoms with E-state index < -0.39 is 17.6 Å². The lowest BCUT2D eigenvalue weighted by Crippen LogP contribution is -2.18. The number of ether oxygens (including phenoxy) is 3. The number of hydrogen-bond donors (Lipinski definition) is 2. The van der Waals surface area contributed by atoms with Crippen molar-refractivity contribution in [2.75, 3.05) is 32.0 Å². The molecule has 2 N–H and O–H groups in total. The predicted octanol–water partition coefficient (Wildman–Crippen LogP) is 4.36. The molecule has 0 unspecified atom stereocenters. The Kier molecular flexibility index (Phi) is 6.71. The van der Waals surface area contributed by atoms with Crippen LogP contribution in [-0.2, 0) is 0 Å². The molecule has 3 aromatic rings. The monoisotopic (exact) mass is 424 g/mol. The van der Waals surface area contributed by atoms with E-state index in [1.165, 1.54) is 57.7 Å². The lowest BCUT2D eigenvalue weighted by Gasteiger charge is -2.15. The number of carbonyl (C=O) groups is 2. The Labute approximate surface area is 178 Å². The summed E-state index contributed by atoms with van der Waals surface area (Å²) >= 11 is 0. The first kappa shape index (κ1) is 21.6. The summed E-state index contributed by atoms with van der Waals surface area (Å²) in [5.41, 5.74) is 1.23. The zero-order chi connectivity index (χ0) is 22.4. The summed E-state index contributed by atoms with van der Waals surface area (Å²) < 4.78 is 28.9. The van der Waals surface area contributed by atoms with Crippen LogP contribution in [-0.4, -0.2) is 33.1 Å². The standard InChI is InChI=1S/C23H21FN2O5/c1-29-19-12-14(13-20(30-2)21(19)31-3)22(27)26-18-7-5-4-6-17(18)23(28)25-16-10-8-15(24)9-11-16/h4-13H,1-3H3,(H,25,28)(H,26,27). The smallest absolute Gasteiger partial charge is 0.257 e. The minimum absolute atomic E-state index is 0.243. The van der Waals surface area contributed by atoms with Gasteiger partial charge in [0, 0.05) is 11.3 Å². The van der Waals surface area contributed by atoms with Crippen molar-refractivity contribution in [1.29, 1.82) is 0 Å². The Balaban J connectivity index is 1.86. The van der Waals surface area contributed by atoms with Crippen LogP contribution >= 0.6 is 0 Å². The van der Waals surface area contributed by atoms with Gasteiger partial charge < -0.3 is 24.8 Å². The number of para-hydroxylation sites is 1. The highest BCUT2D eigenvalue weighted by molar-refractivity contribution is 6.12. The summed E-state index contributed by atoms with van der Waals surface area (Å²) in [6.07, 6.45) is 0. The van der Waals surface area contributed by atoms with E-state index in [1.54, 1.807) is 24.3 Å². The molecule has 31 heavy (non-hydrogen) atoms. The van der Waals surface area contributed by atoms with E-state index in [-0.39, 0.29) is 11.1 Å². The molecule has 0 aliphatic heterocycles. The third-order valence-electron chi connectivity index (χ3n) is 4.45. The quantitative estimate of drug-likeness (QED) is 0.589. The van der Waals surface area contributed by atoms with Crippen LogP contribution in [0.2, 0.25) is 0 Å². The van der Waals surface area contributed by atoms with E-state index in [9.17, 15) is 14.0 Å². The Morgan fingerprint density at radius 3 is 1.97 bits per heavy atom. The molecule has 160 valence electrons. The SMILES string of the molecule is COc1cc(C(=O)Nc2ccccc2C(=O)Nc2ccc(F)cc2)cc(OC)c1OC. The maximum absolute atomic E-state index is 13.1. The van der Waals surface area contributed by atoms with E-state index >= 15 is 0 Å². The number of amides is 2. The summed E-state index contributed by atoms with van der Waals surface area (Å²) in [7, 11) is 4.37. The molecule has 3 rings (SSSR count). The molecule has 3 aromatic carbocycles. The normalized spacial score (nSPS) is 10.2. The van der Waals surface area contributed by atoms with E-state index in [1.807, 2.05) is 0 Å². The molecule has 0 atom stereocenters. The van der Waals surface area contributed by atoms with Gasteiger partial charge in [-0.05, 0) is 48.5 Å². The van der Waals surface area contributed by atoms with Crippen LogP contribution in [0.3, 0.4) is 0 Å². The summed E-state index contributed by atoms with van der Waals surface area (Å²) in [4.78, 5) is 25.6. The lowest BCUT2D eigenvalue weighted by atomic mass is 10.1. The zero-order valence-corrected chi connectivity index (χ0v) is 17.2. The largest absolute Gasteiger partial charge is 0.493 e. The highest BCUT2D eigenvalue weighted by Gasteiger charge is 2.19. The average molecular weight is 424 g/mol. The van der Waals surface area contributed by atoms with E-state index in [4.69, 9.17) is 14.2 Å². The van der Waals surface area contributed by atoms with Crippen LogP contribution in [0.1, 0.15) is 20.7 Å². The number of methoxy groups -OCH3 is 3. The van der Waals surface area contributed by atoms with Crippen LogP contribution in [0, 0.1) is 5.82 Å². The molecule has 0 bridgehead atoms. The van der Waals surface area contributed by atoms with Gasteiger partial charge in [0.25, 0.3) is 11.8 Å². The third kappa shape index (κ3) is 4.92. The molecular formula is C23H21FN2O5.